The molecule has 3 nitrogen and oxygen atoms in total. The Labute approximate surface area is 102 Å². The van der Waals surface area contributed by atoms with Gasteiger partial charge in [-0.2, -0.15) is 13.2 Å². The van der Waals surface area contributed by atoms with Crippen molar-refractivity contribution in [3.05, 3.63) is 28.3 Å². The van der Waals surface area contributed by atoms with E-state index in [-0.39, 0.29) is 24.3 Å². The van der Waals surface area contributed by atoms with E-state index in [0.29, 0.717) is 18.8 Å². The molecule has 0 unspecified atom stereocenters. The molecule has 2 rings (SSSR count). The van der Waals surface area contributed by atoms with E-state index in [9.17, 15) is 13.6 Å². The van der Waals surface area contributed by atoms with Crippen LogP contribution >= 0.6 is 11.5 Å². The molecular weight excluding hydrogens is 246 g/mol. The van der Waals surface area contributed by atoms with E-state index < -0.39 is 6.08 Å². The van der Waals surface area contributed by atoms with Crippen molar-refractivity contribution >= 4 is 17.4 Å². The third kappa shape index (κ3) is 2.69. The van der Waals surface area contributed by atoms with Gasteiger partial charge in [0.1, 0.15) is 5.69 Å². The lowest BCUT2D eigenvalue weighted by Crippen LogP contribution is -2.36. The van der Waals surface area contributed by atoms with Gasteiger partial charge in [0.25, 0.3) is 12.0 Å². The van der Waals surface area contributed by atoms with Crippen LogP contribution in [0, 0.1) is 6.92 Å². The summed E-state index contributed by atoms with van der Waals surface area (Å²) in [5.41, 5.74) is 0.587. The van der Waals surface area contributed by atoms with Crippen LogP contribution in [0.2, 0.25) is 0 Å². The molecule has 0 aromatic carbocycles. The standard InChI is InChI=1S/C11H12F2N2OS/c1-7-6-9(14-17-7)11(16)15-4-2-8(3-5-15)10(12)13/h6H,2-5H2,1H3. The lowest BCUT2D eigenvalue weighted by molar-refractivity contribution is 0.0736. The molecule has 0 spiro atoms. The maximum absolute atomic E-state index is 12.3. The first kappa shape index (κ1) is 12.2. The van der Waals surface area contributed by atoms with Gasteiger partial charge in [0, 0.05) is 18.0 Å². The van der Waals surface area contributed by atoms with Crippen molar-refractivity contribution in [2.24, 2.45) is 0 Å². The molecule has 0 N–H and O–H groups in total. The Kier molecular flexibility index (Phi) is 3.51. The third-order valence-corrected chi connectivity index (χ3v) is 3.46. The smallest absolute Gasteiger partial charge is 0.273 e. The average molecular weight is 258 g/mol. The predicted octanol–water partition coefficient (Wildman–Crippen LogP) is 2.84. The molecule has 0 saturated carbocycles. The SMILES string of the molecule is Cc1cc(C(=O)N2CCC(=C(F)F)CC2)ns1. The van der Waals surface area contributed by atoms with Crippen LogP contribution in [0.1, 0.15) is 28.2 Å². The van der Waals surface area contributed by atoms with Crippen LogP contribution in [0.15, 0.2) is 17.7 Å². The molecule has 1 aromatic heterocycles. The average Bonchev–Trinajstić information content (AvgIpc) is 2.75. The minimum atomic E-state index is -1.60. The summed E-state index contributed by atoms with van der Waals surface area (Å²) in [5, 5.41) is 0. The Balaban J connectivity index is 2.02. The van der Waals surface area contributed by atoms with Gasteiger partial charge in [0.15, 0.2) is 0 Å². The van der Waals surface area contributed by atoms with Gasteiger partial charge < -0.3 is 4.90 Å². The summed E-state index contributed by atoms with van der Waals surface area (Å²) in [6.07, 6.45) is -1.07. The van der Waals surface area contributed by atoms with E-state index in [1.807, 2.05) is 6.92 Å². The number of halogens is 2. The number of hydrogen-bond donors (Lipinski definition) is 0. The molecule has 6 heteroatoms. The van der Waals surface area contributed by atoms with Gasteiger partial charge in [-0.15, -0.1) is 0 Å². The number of piperidine rings is 1. The van der Waals surface area contributed by atoms with Crippen molar-refractivity contribution in [1.82, 2.24) is 9.27 Å². The fourth-order valence-corrected chi connectivity index (χ4v) is 2.34. The molecule has 17 heavy (non-hydrogen) atoms. The second-order valence-electron chi connectivity index (χ2n) is 3.98. The number of amides is 1. The summed E-state index contributed by atoms with van der Waals surface area (Å²) in [4.78, 5) is 14.5. The molecule has 1 saturated heterocycles. The zero-order valence-corrected chi connectivity index (χ0v) is 10.2. The summed E-state index contributed by atoms with van der Waals surface area (Å²) < 4.78 is 28.7. The number of likely N-dealkylation sites (tertiary alicyclic amines) is 1. The largest absolute Gasteiger partial charge is 0.337 e. The number of carbonyl (C=O) groups excluding carboxylic acids is 1. The molecule has 0 aliphatic carbocycles. The minimum absolute atomic E-state index is 0.160. The van der Waals surface area contributed by atoms with E-state index >= 15 is 0 Å². The second-order valence-corrected chi connectivity index (χ2v) is 4.99. The van der Waals surface area contributed by atoms with Crippen LogP contribution in [0.25, 0.3) is 0 Å². The molecule has 1 aliphatic heterocycles. The molecular formula is C11H12F2N2OS. The van der Waals surface area contributed by atoms with Crippen LogP contribution < -0.4 is 0 Å². The van der Waals surface area contributed by atoms with E-state index in [0.717, 1.165) is 4.88 Å². The van der Waals surface area contributed by atoms with Crippen molar-refractivity contribution in [3.63, 3.8) is 0 Å². The summed E-state index contributed by atoms with van der Waals surface area (Å²) in [6, 6.07) is 1.73. The molecule has 92 valence electrons. The second kappa shape index (κ2) is 4.91. The van der Waals surface area contributed by atoms with Crippen LogP contribution in [-0.4, -0.2) is 28.3 Å². The van der Waals surface area contributed by atoms with Crippen molar-refractivity contribution in [3.8, 4) is 0 Å². The Morgan fingerprint density at radius 3 is 2.53 bits per heavy atom. The minimum Gasteiger partial charge on any atom is -0.337 e. The van der Waals surface area contributed by atoms with Gasteiger partial charge in [-0.1, -0.05) is 0 Å². The first-order valence-corrected chi connectivity index (χ1v) is 6.11. The third-order valence-electron chi connectivity index (χ3n) is 2.77. The van der Waals surface area contributed by atoms with Gasteiger partial charge >= 0.3 is 0 Å². The summed E-state index contributed by atoms with van der Waals surface area (Å²) in [5.74, 6) is -0.160. The molecule has 1 fully saturated rings. The lowest BCUT2D eigenvalue weighted by atomic mass is 10.1. The Hall–Kier alpha value is -1.30. The number of rotatable bonds is 1. The fourth-order valence-electron chi connectivity index (χ4n) is 1.80. The molecule has 1 aliphatic rings. The van der Waals surface area contributed by atoms with Crippen LogP contribution in [0.3, 0.4) is 0 Å². The Bertz CT molecular complexity index is 456. The highest BCUT2D eigenvalue weighted by Crippen LogP contribution is 2.22. The molecule has 2 heterocycles. The van der Waals surface area contributed by atoms with Crippen molar-refractivity contribution < 1.29 is 13.6 Å². The van der Waals surface area contributed by atoms with Crippen LogP contribution in [0.4, 0.5) is 8.78 Å². The summed E-state index contributed by atoms with van der Waals surface area (Å²) >= 11 is 1.28. The zero-order chi connectivity index (χ0) is 12.4. The maximum atomic E-state index is 12.3. The number of aryl methyl sites for hydroxylation is 1. The number of carbonyl (C=O) groups is 1. The molecule has 1 amide bonds. The first-order chi connectivity index (χ1) is 8.08. The lowest BCUT2D eigenvalue weighted by Gasteiger charge is -2.27. The molecule has 0 radical (unpaired) electrons. The van der Waals surface area contributed by atoms with Crippen molar-refractivity contribution in [2.75, 3.05) is 13.1 Å². The topological polar surface area (TPSA) is 33.2 Å². The first-order valence-electron chi connectivity index (χ1n) is 5.33. The quantitative estimate of drug-likeness (QED) is 0.776. The van der Waals surface area contributed by atoms with Crippen molar-refractivity contribution in [2.45, 2.75) is 19.8 Å². The van der Waals surface area contributed by atoms with E-state index in [4.69, 9.17) is 0 Å². The number of hydrogen-bond acceptors (Lipinski definition) is 3. The van der Waals surface area contributed by atoms with E-state index in [1.54, 1.807) is 11.0 Å². The van der Waals surface area contributed by atoms with Crippen molar-refractivity contribution in [1.29, 1.82) is 0 Å². The van der Waals surface area contributed by atoms with Crippen LogP contribution in [0.5, 0.6) is 0 Å². The molecule has 0 atom stereocenters. The highest BCUT2D eigenvalue weighted by Gasteiger charge is 2.23. The van der Waals surface area contributed by atoms with Crippen LogP contribution in [-0.2, 0) is 0 Å². The highest BCUT2D eigenvalue weighted by atomic mass is 32.1. The zero-order valence-electron chi connectivity index (χ0n) is 9.37. The summed E-state index contributed by atoms with van der Waals surface area (Å²) in [7, 11) is 0. The normalized spacial score (nSPS) is 16.2. The van der Waals surface area contributed by atoms with E-state index in [1.165, 1.54) is 11.5 Å². The molecule has 0 bridgehead atoms. The fraction of sp³-hybridized carbons (Fsp3) is 0.455. The highest BCUT2D eigenvalue weighted by molar-refractivity contribution is 7.05. The number of aromatic nitrogens is 1. The van der Waals surface area contributed by atoms with Gasteiger partial charge in [0.2, 0.25) is 0 Å². The summed E-state index contributed by atoms with van der Waals surface area (Å²) in [6.45, 7) is 2.58. The van der Waals surface area contributed by atoms with Gasteiger partial charge in [-0.25, -0.2) is 0 Å². The monoisotopic (exact) mass is 258 g/mol. The van der Waals surface area contributed by atoms with E-state index in [2.05, 4.69) is 4.37 Å². The van der Waals surface area contributed by atoms with Gasteiger partial charge in [-0.3, -0.25) is 4.79 Å². The maximum Gasteiger partial charge on any atom is 0.273 e. The van der Waals surface area contributed by atoms with Gasteiger partial charge in [0.05, 0.1) is 0 Å². The Morgan fingerprint density at radius 1 is 1.41 bits per heavy atom. The Morgan fingerprint density at radius 2 is 2.06 bits per heavy atom. The predicted molar refractivity (Wildman–Crippen MR) is 61.2 cm³/mol. The van der Waals surface area contributed by atoms with Gasteiger partial charge in [-0.05, 0) is 42.9 Å². The molecule has 1 aromatic rings. The number of nitrogens with zero attached hydrogens (tertiary/aromatic N) is 2.